The molecule has 0 spiro atoms. The molecule has 1 aliphatic heterocycles. The third kappa shape index (κ3) is 2.60. The van der Waals surface area contributed by atoms with Gasteiger partial charge in [-0.25, -0.2) is 18.4 Å². The van der Waals surface area contributed by atoms with Crippen molar-refractivity contribution in [2.75, 3.05) is 16.8 Å². The predicted octanol–water partition coefficient (Wildman–Crippen LogP) is 2.56. The molecule has 1 aliphatic carbocycles. The molecule has 0 unspecified atom stereocenters. The number of sulfone groups is 1. The summed E-state index contributed by atoms with van der Waals surface area (Å²) in [6.07, 6.45) is 7.88. The standard InChI is InChI=1S/C15H19N3O2S2/c19-22(20)7-3-4-10(8-22)18-14-13-11-5-1-2-6-12(11)21-15(13)17-9-16-14/h9-10H,1-8H2,(H,16,17,18)/t10-/m1/s1. The molecular formula is C15H19N3O2S2. The Morgan fingerprint density at radius 1 is 1.18 bits per heavy atom. The molecule has 5 nitrogen and oxygen atoms in total. The number of thiophene rings is 1. The Kier molecular flexibility index (Phi) is 3.57. The summed E-state index contributed by atoms with van der Waals surface area (Å²) in [4.78, 5) is 11.3. The van der Waals surface area contributed by atoms with Crippen LogP contribution in [-0.4, -0.2) is 35.9 Å². The first-order valence-corrected chi connectivity index (χ1v) is 10.5. The molecule has 1 fully saturated rings. The molecule has 0 amide bonds. The van der Waals surface area contributed by atoms with E-state index >= 15 is 0 Å². The monoisotopic (exact) mass is 337 g/mol. The maximum absolute atomic E-state index is 11.8. The van der Waals surface area contributed by atoms with Crippen LogP contribution in [0.2, 0.25) is 0 Å². The fraction of sp³-hybridized carbons (Fsp3) is 0.600. The second-order valence-electron chi connectivity index (χ2n) is 6.21. The van der Waals surface area contributed by atoms with E-state index in [-0.39, 0.29) is 11.8 Å². The van der Waals surface area contributed by atoms with Gasteiger partial charge in [-0.1, -0.05) is 0 Å². The molecule has 3 heterocycles. The molecule has 118 valence electrons. The van der Waals surface area contributed by atoms with Gasteiger partial charge in [-0.15, -0.1) is 11.3 Å². The highest BCUT2D eigenvalue weighted by atomic mass is 32.2. The maximum Gasteiger partial charge on any atom is 0.152 e. The van der Waals surface area contributed by atoms with E-state index in [0.29, 0.717) is 5.75 Å². The summed E-state index contributed by atoms with van der Waals surface area (Å²) in [7, 11) is -2.91. The third-order valence-electron chi connectivity index (χ3n) is 4.56. The van der Waals surface area contributed by atoms with E-state index in [9.17, 15) is 8.42 Å². The smallest absolute Gasteiger partial charge is 0.152 e. The van der Waals surface area contributed by atoms with Crippen LogP contribution in [0.1, 0.15) is 36.1 Å². The molecule has 22 heavy (non-hydrogen) atoms. The van der Waals surface area contributed by atoms with Crippen LogP contribution in [0.25, 0.3) is 10.2 Å². The minimum atomic E-state index is -2.91. The molecule has 1 N–H and O–H groups in total. The number of hydrogen-bond acceptors (Lipinski definition) is 6. The van der Waals surface area contributed by atoms with Crippen molar-refractivity contribution in [1.82, 2.24) is 9.97 Å². The zero-order chi connectivity index (χ0) is 15.2. The highest BCUT2D eigenvalue weighted by Crippen LogP contribution is 2.38. The number of hydrogen-bond donors (Lipinski definition) is 1. The average Bonchev–Trinajstić information content (AvgIpc) is 2.85. The first-order valence-electron chi connectivity index (χ1n) is 7.84. The van der Waals surface area contributed by atoms with Gasteiger partial charge in [0.05, 0.1) is 16.9 Å². The maximum atomic E-state index is 11.8. The van der Waals surface area contributed by atoms with Gasteiger partial charge < -0.3 is 5.32 Å². The number of rotatable bonds is 2. The lowest BCUT2D eigenvalue weighted by Gasteiger charge is -2.24. The van der Waals surface area contributed by atoms with Crippen molar-refractivity contribution in [3.8, 4) is 0 Å². The lowest BCUT2D eigenvalue weighted by atomic mass is 9.97. The number of aromatic nitrogens is 2. The van der Waals surface area contributed by atoms with E-state index in [1.54, 1.807) is 17.7 Å². The average molecular weight is 337 g/mol. The van der Waals surface area contributed by atoms with Crippen LogP contribution in [0, 0.1) is 0 Å². The second-order valence-corrected chi connectivity index (χ2v) is 9.52. The fourth-order valence-corrected chi connectivity index (χ4v) is 6.39. The number of fused-ring (bicyclic) bond motifs is 3. The van der Waals surface area contributed by atoms with E-state index in [2.05, 4.69) is 15.3 Å². The van der Waals surface area contributed by atoms with Crippen molar-refractivity contribution >= 4 is 37.2 Å². The summed E-state index contributed by atoms with van der Waals surface area (Å²) < 4.78 is 23.7. The lowest BCUT2D eigenvalue weighted by molar-refractivity contribution is 0.561. The van der Waals surface area contributed by atoms with E-state index in [1.165, 1.54) is 23.3 Å². The Hall–Kier alpha value is -1.21. The molecule has 4 rings (SSSR count). The normalized spacial score (nSPS) is 24.1. The van der Waals surface area contributed by atoms with E-state index < -0.39 is 9.84 Å². The van der Waals surface area contributed by atoms with Gasteiger partial charge in [0.15, 0.2) is 9.84 Å². The van der Waals surface area contributed by atoms with Crippen molar-refractivity contribution < 1.29 is 8.42 Å². The van der Waals surface area contributed by atoms with Crippen LogP contribution in [0.15, 0.2) is 6.33 Å². The highest BCUT2D eigenvalue weighted by Gasteiger charge is 2.26. The number of anilines is 1. The molecule has 2 aromatic rings. The van der Waals surface area contributed by atoms with Crippen LogP contribution in [0.4, 0.5) is 5.82 Å². The SMILES string of the molecule is O=S1(=O)CCC[C@@H](Nc2ncnc3sc4c(c23)CCCC4)C1. The molecular weight excluding hydrogens is 318 g/mol. The van der Waals surface area contributed by atoms with Gasteiger partial charge in [0.25, 0.3) is 0 Å². The minimum absolute atomic E-state index is 0.0315. The van der Waals surface area contributed by atoms with Crippen molar-refractivity contribution in [2.24, 2.45) is 0 Å². The van der Waals surface area contributed by atoms with Crippen LogP contribution >= 0.6 is 11.3 Å². The Labute approximate surface area is 134 Å². The van der Waals surface area contributed by atoms with Crippen LogP contribution in [-0.2, 0) is 22.7 Å². The molecule has 0 aromatic carbocycles. The van der Waals surface area contributed by atoms with Crippen molar-refractivity contribution in [3.05, 3.63) is 16.8 Å². The molecule has 0 saturated carbocycles. The molecule has 1 atom stereocenters. The van der Waals surface area contributed by atoms with Crippen LogP contribution in [0.3, 0.4) is 0 Å². The summed E-state index contributed by atoms with van der Waals surface area (Å²) in [6.45, 7) is 0. The number of aryl methyl sites for hydroxylation is 2. The van der Waals surface area contributed by atoms with Gasteiger partial charge in [0.1, 0.15) is 17.0 Å². The van der Waals surface area contributed by atoms with Crippen molar-refractivity contribution in [2.45, 2.75) is 44.6 Å². The predicted molar refractivity (Wildman–Crippen MR) is 89.4 cm³/mol. The summed E-state index contributed by atoms with van der Waals surface area (Å²) >= 11 is 1.77. The molecule has 0 bridgehead atoms. The van der Waals surface area contributed by atoms with Crippen LogP contribution < -0.4 is 5.32 Å². The fourth-order valence-electron chi connectivity index (χ4n) is 3.53. The van der Waals surface area contributed by atoms with Gasteiger partial charge in [0.2, 0.25) is 0 Å². The number of nitrogens with zero attached hydrogens (tertiary/aromatic N) is 2. The molecule has 1 saturated heterocycles. The first-order chi connectivity index (χ1) is 10.6. The zero-order valence-corrected chi connectivity index (χ0v) is 14.0. The first kappa shape index (κ1) is 14.4. The quantitative estimate of drug-likeness (QED) is 0.912. The highest BCUT2D eigenvalue weighted by molar-refractivity contribution is 7.91. The Morgan fingerprint density at radius 3 is 2.91 bits per heavy atom. The summed E-state index contributed by atoms with van der Waals surface area (Å²) in [5.74, 6) is 1.36. The van der Waals surface area contributed by atoms with Crippen molar-refractivity contribution in [3.63, 3.8) is 0 Å². The second kappa shape index (κ2) is 5.45. The van der Waals surface area contributed by atoms with Gasteiger partial charge in [-0.3, -0.25) is 0 Å². The largest absolute Gasteiger partial charge is 0.366 e. The van der Waals surface area contributed by atoms with E-state index in [4.69, 9.17) is 0 Å². The Morgan fingerprint density at radius 2 is 2.05 bits per heavy atom. The van der Waals surface area contributed by atoms with Gasteiger partial charge in [-0.2, -0.15) is 0 Å². The Balaban J connectivity index is 1.71. The summed E-state index contributed by atoms with van der Waals surface area (Å²) in [6, 6.07) is -0.0315. The molecule has 2 aromatic heterocycles. The molecule has 0 radical (unpaired) electrons. The van der Waals surface area contributed by atoms with Gasteiger partial charge in [0, 0.05) is 10.9 Å². The summed E-state index contributed by atoms with van der Waals surface area (Å²) in [5.41, 5.74) is 1.38. The van der Waals surface area contributed by atoms with E-state index in [1.807, 2.05) is 0 Å². The Bertz CT molecular complexity index is 814. The van der Waals surface area contributed by atoms with Crippen LogP contribution in [0.5, 0.6) is 0 Å². The van der Waals surface area contributed by atoms with Gasteiger partial charge >= 0.3 is 0 Å². The van der Waals surface area contributed by atoms with E-state index in [0.717, 1.165) is 41.7 Å². The lowest BCUT2D eigenvalue weighted by Crippen LogP contribution is -2.35. The minimum Gasteiger partial charge on any atom is -0.366 e. The molecule has 7 heteroatoms. The molecule has 2 aliphatic rings. The van der Waals surface area contributed by atoms with Gasteiger partial charge in [-0.05, 0) is 44.1 Å². The summed E-state index contributed by atoms with van der Waals surface area (Å²) in [5, 5.41) is 4.52. The number of nitrogens with one attached hydrogen (secondary N) is 1. The van der Waals surface area contributed by atoms with Crippen molar-refractivity contribution in [1.29, 1.82) is 0 Å². The third-order valence-corrected chi connectivity index (χ3v) is 7.58. The zero-order valence-electron chi connectivity index (χ0n) is 12.3. The topological polar surface area (TPSA) is 72.0 Å².